The van der Waals surface area contributed by atoms with Crippen molar-refractivity contribution >= 4 is 10.8 Å². The first-order valence-corrected chi connectivity index (χ1v) is 7.17. The second-order valence-corrected chi connectivity index (χ2v) is 5.39. The molecule has 20 heavy (non-hydrogen) atoms. The van der Waals surface area contributed by atoms with Gasteiger partial charge in [0, 0.05) is 17.2 Å². The molecule has 0 bridgehead atoms. The van der Waals surface area contributed by atoms with Gasteiger partial charge in [0.15, 0.2) is 11.5 Å². The van der Waals surface area contributed by atoms with Crippen LogP contribution < -0.4 is 9.47 Å². The van der Waals surface area contributed by atoms with Gasteiger partial charge < -0.3 is 9.47 Å². The van der Waals surface area contributed by atoms with Crippen LogP contribution in [0.2, 0.25) is 0 Å². The lowest BCUT2D eigenvalue weighted by atomic mass is 10.3. The highest BCUT2D eigenvalue weighted by Gasteiger charge is 2.15. The largest absolute Gasteiger partial charge is 0.493 e. The Morgan fingerprint density at radius 2 is 2.05 bits per heavy atom. The summed E-state index contributed by atoms with van der Waals surface area (Å²) in [5.41, 5.74) is 0.509. The Hall–Kier alpha value is -1.95. The SMILES string of the molecule is COc1ccnc(CS(=O)c2cccc(F)c2)c1OC. The Balaban J connectivity index is 2.28. The van der Waals surface area contributed by atoms with E-state index < -0.39 is 16.6 Å². The predicted octanol–water partition coefficient (Wildman–Crippen LogP) is 2.55. The van der Waals surface area contributed by atoms with E-state index in [1.165, 1.54) is 32.4 Å². The summed E-state index contributed by atoms with van der Waals surface area (Å²) in [6.07, 6.45) is 1.56. The van der Waals surface area contributed by atoms with E-state index in [1.54, 1.807) is 18.3 Å². The van der Waals surface area contributed by atoms with Crippen LogP contribution in [0.15, 0.2) is 41.4 Å². The van der Waals surface area contributed by atoms with Crippen molar-refractivity contribution in [2.75, 3.05) is 14.2 Å². The van der Waals surface area contributed by atoms with E-state index >= 15 is 0 Å². The van der Waals surface area contributed by atoms with Gasteiger partial charge in [0.1, 0.15) is 5.82 Å². The lowest BCUT2D eigenvalue weighted by Crippen LogP contribution is -2.03. The van der Waals surface area contributed by atoms with Crippen molar-refractivity contribution in [3.63, 3.8) is 0 Å². The van der Waals surface area contributed by atoms with Crippen LogP contribution in [0.4, 0.5) is 4.39 Å². The molecular weight excluding hydrogens is 281 g/mol. The first kappa shape index (κ1) is 14.5. The summed E-state index contributed by atoms with van der Waals surface area (Å²) in [5, 5.41) is 0. The fourth-order valence-electron chi connectivity index (χ4n) is 1.77. The van der Waals surface area contributed by atoms with Gasteiger partial charge in [0.2, 0.25) is 0 Å². The van der Waals surface area contributed by atoms with Gasteiger partial charge in [-0.15, -0.1) is 0 Å². The number of hydrogen-bond donors (Lipinski definition) is 0. The minimum absolute atomic E-state index is 0.129. The molecule has 0 aliphatic carbocycles. The third kappa shape index (κ3) is 3.14. The van der Waals surface area contributed by atoms with Gasteiger partial charge in [-0.3, -0.25) is 9.19 Å². The van der Waals surface area contributed by atoms with E-state index in [9.17, 15) is 8.60 Å². The van der Waals surface area contributed by atoms with Crippen molar-refractivity contribution in [2.24, 2.45) is 0 Å². The average Bonchev–Trinajstić information content (AvgIpc) is 2.46. The van der Waals surface area contributed by atoms with Crippen LogP contribution >= 0.6 is 0 Å². The van der Waals surface area contributed by atoms with Gasteiger partial charge in [-0.2, -0.15) is 0 Å². The molecule has 0 aliphatic rings. The smallest absolute Gasteiger partial charge is 0.183 e. The number of nitrogens with zero attached hydrogens (tertiary/aromatic N) is 1. The fraction of sp³-hybridized carbons (Fsp3) is 0.214. The van der Waals surface area contributed by atoms with Crippen molar-refractivity contribution in [3.05, 3.63) is 48.0 Å². The molecule has 0 saturated carbocycles. The standard InChI is InChI=1S/C14H14FNO3S/c1-18-13-6-7-16-12(14(13)19-2)9-20(17)11-5-3-4-10(15)8-11/h3-8H,9H2,1-2H3. The monoisotopic (exact) mass is 295 g/mol. The topological polar surface area (TPSA) is 48.4 Å². The van der Waals surface area contributed by atoms with Gasteiger partial charge in [-0.25, -0.2) is 4.39 Å². The van der Waals surface area contributed by atoms with E-state index in [4.69, 9.17) is 9.47 Å². The first-order chi connectivity index (χ1) is 9.65. The first-order valence-electron chi connectivity index (χ1n) is 5.85. The van der Waals surface area contributed by atoms with E-state index in [2.05, 4.69) is 4.98 Å². The number of halogens is 1. The summed E-state index contributed by atoms with van der Waals surface area (Å²) in [6, 6.07) is 7.37. The molecule has 0 amide bonds. The molecule has 0 N–H and O–H groups in total. The van der Waals surface area contributed by atoms with Crippen molar-refractivity contribution in [3.8, 4) is 11.5 Å². The zero-order chi connectivity index (χ0) is 14.5. The molecule has 0 saturated heterocycles. The molecule has 1 aromatic carbocycles. The molecule has 4 nitrogen and oxygen atoms in total. The van der Waals surface area contributed by atoms with E-state index in [-0.39, 0.29) is 5.75 Å². The Kier molecular flexibility index (Phi) is 4.68. The summed E-state index contributed by atoms with van der Waals surface area (Å²) in [5.74, 6) is 0.680. The minimum Gasteiger partial charge on any atom is -0.493 e. The summed E-state index contributed by atoms with van der Waals surface area (Å²) in [7, 11) is 1.61. The maximum atomic E-state index is 13.1. The third-order valence-corrected chi connectivity index (χ3v) is 4.01. The van der Waals surface area contributed by atoms with Crippen LogP contribution in [0.3, 0.4) is 0 Å². The second-order valence-electron chi connectivity index (χ2n) is 3.94. The second kappa shape index (κ2) is 6.47. The highest BCUT2D eigenvalue weighted by atomic mass is 32.2. The number of methoxy groups -OCH3 is 2. The predicted molar refractivity (Wildman–Crippen MR) is 73.9 cm³/mol. The number of benzene rings is 1. The molecule has 1 unspecified atom stereocenters. The molecular formula is C14H14FNO3S. The maximum Gasteiger partial charge on any atom is 0.183 e. The molecule has 0 fully saturated rings. The van der Waals surface area contributed by atoms with Gasteiger partial charge in [0.25, 0.3) is 0 Å². The summed E-state index contributed by atoms with van der Waals surface area (Å²) < 4.78 is 35.8. The maximum absolute atomic E-state index is 13.1. The molecule has 1 aromatic heterocycles. The number of rotatable bonds is 5. The van der Waals surface area contributed by atoms with Crippen LogP contribution in [0.25, 0.3) is 0 Å². The number of ether oxygens (including phenoxy) is 2. The lowest BCUT2D eigenvalue weighted by molar-refractivity contribution is 0.350. The van der Waals surface area contributed by atoms with E-state index in [0.29, 0.717) is 22.1 Å². The third-order valence-electron chi connectivity index (χ3n) is 2.69. The fourth-order valence-corrected chi connectivity index (χ4v) is 2.86. The van der Waals surface area contributed by atoms with Crippen LogP contribution in [0, 0.1) is 5.82 Å². The highest BCUT2D eigenvalue weighted by molar-refractivity contribution is 7.84. The zero-order valence-electron chi connectivity index (χ0n) is 11.1. The number of aromatic nitrogens is 1. The molecule has 0 aliphatic heterocycles. The summed E-state index contributed by atoms with van der Waals surface area (Å²) >= 11 is 0. The van der Waals surface area contributed by atoms with E-state index in [1.807, 2.05) is 0 Å². The zero-order valence-corrected chi connectivity index (χ0v) is 11.9. The van der Waals surface area contributed by atoms with Crippen molar-refractivity contribution in [1.82, 2.24) is 4.98 Å². The normalized spacial score (nSPS) is 11.9. The Morgan fingerprint density at radius 1 is 1.25 bits per heavy atom. The summed E-state index contributed by atoms with van der Waals surface area (Å²) in [6.45, 7) is 0. The van der Waals surface area contributed by atoms with Gasteiger partial charge >= 0.3 is 0 Å². The van der Waals surface area contributed by atoms with E-state index in [0.717, 1.165) is 0 Å². The highest BCUT2D eigenvalue weighted by Crippen LogP contribution is 2.30. The minimum atomic E-state index is -1.40. The molecule has 106 valence electrons. The molecule has 2 aromatic rings. The lowest BCUT2D eigenvalue weighted by Gasteiger charge is -2.11. The molecule has 1 atom stereocenters. The Labute approximate surface area is 119 Å². The molecule has 0 radical (unpaired) electrons. The molecule has 1 heterocycles. The van der Waals surface area contributed by atoms with Crippen molar-refractivity contribution in [2.45, 2.75) is 10.6 Å². The Bertz CT molecular complexity index is 634. The van der Waals surface area contributed by atoms with Gasteiger partial charge in [0.05, 0.1) is 36.5 Å². The van der Waals surface area contributed by atoms with Crippen molar-refractivity contribution in [1.29, 1.82) is 0 Å². The molecule has 2 rings (SSSR count). The average molecular weight is 295 g/mol. The van der Waals surface area contributed by atoms with Gasteiger partial charge in [-0.05, 0) is 18.2 Å². The summed E-state index contributed by atoms with van der Waals surface area (Å²) in [4.78, 5) is 4.57. The molecule has 0 spiro atoms. The quantitative estimate of drug-likeness (QED) is 0.850. The van der Waals surface area contributed by atoms with Crippen LogP contribution in [-0.2, 0) is 16.6 Å². The van der Waals surface area contributed by atoms with Gasteiger partial charge in [-0.1, -0.05) is 6.07 Å². The Morgan fingerprint density at radius 3 is 2.70 bits per heavy atom. The van der Waals surface area contributed by atoms with Crippen molar-refractivity contribution < 1.29 is 18.1 Å². The number of pyridine rings is 1. The van der Waals surface area contributed by atoms with Crippen LogP contribution in [0.5, 0.6) is 11.5 Å². The van der Waals surface area contributed by atoms with Crippen LogP contribution in [0.1, 0.15) is 5.69 Å². The number of hydrogen-bond acceptors (Lipinski definition) is 4. The van der Waals surface area contributed by atoms with Crippen LogP contribution in [-0.4, -0.2) is 23.4 Å². The molecule has 6 heteroatoms.